The summed E-state index contributed by atoms with van der Waals surface area (Å²) in [5, 5.41) is 12.8. The summed E-state index contributed by atoms with van der Waals surface area (Å²) in [4.78, 5) is 30.6. The first kappa shape index (κ1) is 20.2. The molecule has 3 aliphatic carbocycles. The topological polar surface area (TPSA) is 82.5 Å². The molecule has 4 fully saturated rings. The summed E-state index contributed by atoms with van der Waals surface area (Å²) >= 11 is 4.52. The summed E-state index contributed by atoms with van der Waals surface area (Å²) in [7, 11) is 0. The quantitative estimate of drug-likeness (QED) is 0.623. The molecule has 4 aliphatic rings. The molecule has 0 aromatic carbocycles. The van der Waals surface area contributed by atoms with Crippen molar-refractivity contribution in [2.24, 2.45) is 29.6 Å². The average molecular weight is 430 g/mol. The largest absolute Gasteiger partial charge is 0.481 e. The van der Waals surface area contributed by atoms with E-state index < -0.39 is 5.97 Å². The molecule has 1 saturated heterocycles. The lowest BCUT2D eigenvalue weighted by Crippen LogP contribution is -2.42. The van der Waals surface area contributed by atoms with Gasteiger partial charge in [0.25, 0.3) is 5.91 Å². The van der Waals surface area contributed by atoms with Crippen LogP contribution in [0.5, 0.6) is 0 Å². The van der Waals surface area contributed by atoms with Crippen molar-refractivity contribution in [1.82, 2.24) is 10.3 Å². The van der Waals surface area contributed by atoms with E-state index >= 15 is 0 Å². The first-order chi connectivity index (χ1) is 14.5. The van der Waals surface area contributed by atoms with Gasteiger partial charge in [0, 0.05) is 25.6 Å². The van der Waals surface area contributed by atoms with Crippen molar-refractivity contribution >= 4 is 30.3 Å². The maximum Gasteiger partial charge on any atom is 0.303 e. The van der Waals surface area contributed by atoms with Crippen molar-refractivity contribution in [3.63, 3.8) is 0 Å². The molecular weight excluding hydrogens is 398 g/mol. The third-order valence-electron chi connectivity index (χ3n) is 8.09. The molecule has 5 unspecified atom stereocenters. The molecule has 30 heavy (non-hydrogen) atoms. The zero-order valence-electron chi connectivity index (χ0n) is 17.3. The van der Waals surface area contributed by atoms with Crippen LogP contribution < -0.4 is 10.2 Å². The lowest BCUT2D eigenvalue weighted by Gasteiger charge is -2.33. The fourth-order valence-electron chi connectivity index (χ4n) is 6.73. The van der Waals surface area contributed by atoms with Crippen molar-refractivity contribution in [3.8, 4) is 0 Å². The molecule has 7 heteroatoms. The summed E-state index contributed by atoms with van der Waals surface area (Å²) in [6.07, 6.45) is 8.77. The van der Waals surface area contributed by atoms with Gasteiger partial charge in [0.15, 0.2) is 0 Å². The summed E-state index contributed by atoms with van der Waals surface area (Å²) in [6, 6.07) is 3.97. The molecule has 6 atom stereocenters. The van der Waals surface area contributed by atoms with Crippen LogP contribution in [-0.2, 0) is 4.79 Å². The molecule has 2 heterocycles. The number of rotatable bonds is 5. The summed E-state index contributed by atoms with van der Waals surface area (Å²) in [5.74, 6) is 3.38. The lowest BCUT2D eigenvalue weighted by atomic mass is 9.77. The van der Waals surface area contributed by atoms with Crippen LogP contribution in [0.3, 0.4) is 0 Å². The molecule has 5 rings (SSSR count). The van der Waals surface area contributed by atoms with Crippen molar-refractivity contribution in [3.05, 3.63) is 17.7 Å². The zero-order chi connectivity index (χ0) is 20.8. The second-order valence-corrected chi connectivity index (χ2v) is 10.4. The Labute approximate surface area is 183 Å². The van der Waals surface area contributed by atoms with Gasteiger partial charge < -0.3 is 15.3 Å². The maximum absolute atomic E-state index is 13.0. The van der Waals surface area contributed by atoms with Gasteiger partial charge in [-0.05, 0) is 86.7 Å². The van der Waals surface area contributed by atoms with Gasteiger partial charge in [-0.15, -0.1) is 12.6 Å². The fourth-order valence-corrected chi connectivity index (χ4v) is 7.00. The molecule has 1 aliphatic heterocycles. The number of hydrogen-bond donors (Lipinski definition) is 3. The zero-order valence-corrected chi connectivity index (χ0v) is 18.2. The van der Waals surface area contributed by atoms with E-state index in [-0.39, 0.29) is 24.3 Å². The highest BCUT2D eigenvalue weighted by molar-refractivity contribution is 7.80. The van der Waals surface area contributed by atoms with E-state index in [0.29, 0.717) is 23.1 Å². The molecule has 3 bridgehead atoms. The SMILES string of the molecule is O=C(O)C[C@H]1CCN(c2ccc(C(=O)NC3CCC4CC5CC4CC3C5)c(S)n2)C1. The standard InChI is InChI=1S/C23H31N3O3S/c27-21(28)10-13-5-6-26(12-13)20-4-2-18(23(30)25-20)22(29)24-19-3-1-15-7-14-8-16(15)11-17(19)9-14/h2,4,13-17,19H,1,3,5-12H2,(H,24,29)(H,25,30)(H,27,28)/t13-,14?,15?,16?,17?,19?/m1/s1. The van der Waals surface area contributed by atoms with Crippen molar-refractivity contribution in [2.45, 2.75) is 62.4 Å². The molecular formula is C23H31N3O3S. The van der Waals surface area contributed by atoms with Crippen LogP contribution in [0.2, 0.25) is 0 Å². The van der Waals surface area contributed by atoms with Gasteiger partial charge in [-0.2, -0.15) is 0 Å². The normalized spacial score (nSPS) is 34.8. The highest BCUT2D eigenvalue weighted by Gasteiger charge is 2.45. The second-order valence-electron chi connectivity index (χ2n) is 9.99. The summed E-state index contributed by atoms with van der Waals surface area (Å²) < 4.78 is 0. The van der Waals surface area contributed by atoms with Crippen LogP contribution in [0, 0.1) is 29.6 Å². The number of anilines is 1. The maximum atomic E-state index is 13.0. The minimum atomic E-state index is -0.753. The fraction of sp³-hybridized carbons (Fsp3) is 0.696. The highest BCUT2D eigenvalue weighted by atomic mass is 32.1. The predicted molar refractivity (Wildman–Crippen MR) is 117 cm³/mol. The number of thiol groups is 1. The van der Waals surface area contributed by atoms with Gasteiger partial charge in [0.05, 0.1) is 5.56 Å². The average Bonchev–Trinajstić information content (AvgIpc) is 3.24. The van der Waals surface area contributed by atoms with Gasteiger partial charge in [-0.25, -0.2) is 4.98 Å². The number of hydrogen-bond acceptors (Lipinski definition) is 5. The predicted octanol–water partition coefficient (Wildman–Crippen LogP) is 3.62. The van der Waals surface area contributed by atoms with Crippen LogP contribution in [0.1, 0.15) is 61.7 Å². The number of nitrogens with zero attached hydrogens (tertiary/aromatic N) is 2. The van der Waals surface area contributed by atoms with Crippen molar-refractivity contribution < 1.29 is 14.7 Å². The van der Waals surface area contributed by atoms with Crippen molar-refractivity contribution in [2.75, 3.05) is 18.0 Å². The molecule has 162 valence electrons. The van der Waals surface area contributed by atoms with E-state index in [0.717, 1.165) is 43.0 Å². The van der Waals surface area contributed by atoms with Gasteiger partial charge in [-0.1, -0.05) is 0 Å². The number of fused-ring (bicyclic) bond motifs is 2. The van der Waals surface area contributed by atoms with Crippen LogP contribution in [-0.4, -0.2) is 41.1 Å². The van der Waals surface area contributed by atoms with Crippen LogP contribution >= 0.6 is 12.6 Å². The molecule has 1 aromatic rings. The van der Waals surface area contributed by atoms with Crippen molar-refractivity contribution in [1.29, 1.82) is 0 Å². The smallest absolute Gasteiger partial charge is 0.303 e. The van der Waals surface area contributed by atoms with E-state index in [2.05, 4.69) is 27.8 Å². The Kier molecular flexibility index (Phi) is 5.42. The number of pyridine rings is 1. The lowest BCUT2D eigenvalue weighted by molar-refractivity contribution is -0.137. The Morgan fingerprint density at radius 3 is 2.70 bits per heavy atom. The highest BCUT2D eigenvalue weighted by Crippen LogP contribution is 2.53. The third-order valence-corrected chi connectivity index (χ3v) is 8.43. The molecule has 0 spiro atoms. The Morgan fingerprint density at radius 2 is 1.90 bits per heavy atom. The minimum Gasteiger partial charge on any atom is -0.481 e. The van der Waals surface area contributed by atoms with Gasteiger partial charge in [0.2, 0.25) is 0 Å². The van der Waals surface area contributed by atoms with Gasteiger partial charge in [-0.3, -0.25) is 9.59 Å². The van der Waals surface area contributed by atoms with Gasteiger partial charge in [0.1, 0.15) is 10.8 Å². The number of nitrogens with one attached hydrogen (secondary N) is 1. The number of aromatic nitrogens is 1. The number of amides is 1. The Hall–Kier alpha value is -1.76. The number of carbonyl (C=O) groups excluding carboxylic acids is 1. The van der Waals surface area contributed by atoms with Crippen LogP contribution in [0.25, 0.3) is 0 Å². The Balaban J connectivity index is 1.24. The van der Waals surface area contributed by atoms with E-state index in [1.807, 2.05) is 12.1 Å². The van der Waals surface area contributed by atoms with Gasteiger partial charge >= 0.3 is 5.97 Å². The first-order valence-corrected chi connectivity index (χ1v) is 11.9. The van der Waals surface area contributed by atoms with E-state index in [1.54, 1.807) is 0 Å². The molecule has 0 radical (unpaired) electrons. The van der Waals surface area contributed by atoms with Crippen LogP contribution in [0.15, 0.2) is 17.2 Å². The van der Waals surface area contributed by atoms with Crippen LogP contribution in [0.4, 0.5) is 5.82 Å². The summed E-state index contributed by atoms with van der Waals surface area (Å²) in [5.41, 5.74) is 0.533. The molecule has 1 amide bonds. The summed E-state index contributed by atoms with van der Waals surface area (Å²) in [6.45, 7) is 1.47. The second kappa shape index (κ2) is 8.06. The molecule has 6 nitrogen and oxygen atoms in total. The Bertz CT molecular complexity index is 847. The molecule has 1 aromatic heterocycles. The number of carboxylic acids is 1. The number of aliphatic carboxylic acids is 1. The van der Waals surface area contributed by atoms with E-state index in [4.69, 9.17) is 5.11 Å². The first-order valence-electron chi connectivity index (χ1n) is 11.4. The van der Waals surface area contributed by atoms with E-state index in [1.165, 1.54) is 32.1 Å². The third kappa shape index (κ3) is 3.93. The van der Waals surface area contributed by atoms with E-state index in [9.17, 15) is 9.59 Å². The Morgan fingerprint density at radius 1 is 1.10 bits per heavy atom. The number of carbonyl (C=O) groups is 2. The minimum absolute atomic E-state index is 0.0630. The monoisotopic (exact) mass is 429 g/mol. The molecule has 2 N–H and O–H groups in total. The molecule has 3 saturated carbocycles. The number of carboxylic acid groups (broad SMARTS) is 1.